The van der Waals surface area contributed by atoms with Crippen LogP contribution < -0.4 is 20.7 Å². The predicted octanol–water partition coefficient (Wildman–Crippen LogP) is 9.82. The van der Waals surface area contributed by atoms with Gasteiger partial charge in [0.1, 0.15) is 11.2 Å². The van der Waals surface area contributed by atoms with Gasteiger partial charge in [0.05, 0.1) is 0 Å². The van der Waals surface area contributed by atoms with Crippen molar-refractivity contribution in [3.8, 4) is 45.3 Å². The molecule has 0 fully saturated rings. The molecule has 2 heterocycles. The van der Waals surface area contributed by atoms with Gasteiger partial charge < -0.3 is 4.42 Å². The number of furan rings is 1. The SMILES string of the molecule is c1ccc(-c2nc(-c3ccccc3)nc(-c3ccc4c(c3)oc3cc(-c5cccc([Si](c6ccccc6)(c6ccccc6)c6ccccc6)c5)ccc34)n2)cc1. The lowest BCUT2D eigenvalue weighted by Gasteiger charge is -2.34. The number of benzene rings is 8. The van der Waals surface area contributed by atoms with E-state index in [4.69, 9.17) is 19.4 Å². The fourth-order valence-electron chi connectivity index (χ4n) is 8.03. The zero-order chi connectivity index (χ0) is 37.3. The van der Waals surface area contributed by atoms with Crippen LogP contribution in [0.5, 0.6) is 0 Å². The number of aromatic nitrogens is 3. The Bertz CT molecular complexity index is 2800. The third kappa shape index (κ3) is 5.91. The van der Waals surface area contributed by atoms with Crippen molar-refractivity contribution >= 4 is 50.8 Å². The summed E-state index contributed by atoms with van der Waals surface area (Å²) < 4.78 is 6.65. The van der Waals surface area contributed by atoms with Gasteiger partial charge in [-0.2, -0.15) is 0 Å². The molecule has 8 aromatic carbocycles. The molecule has 0 unspecified atom stereocenters. The zero-order valence-corrected chi connectivity index (χ0v) is 31.5. The average molecular weight is 734 g/mol. The Morgan fingerprint density at radius 1 is 0.286 bits per heavy atom. The monoisotopic (exact) mass is 733 g/mol. The minimum Gasteiger partial charge on any atom is -0.456 e. The topological polar surface area (TPSA) is 51.8 Å². The second-order valence-corrected chi connectivity index (χ2v) is 17.8. The summed E-state index contributed by atoms with van der Waals surface area (Å²) >= 11 is 0. The van der Waals surface area contributed by atoms with Crippen molar-refractivity contribution in [2.45, 2.75) is 0 Å². The standard InChI is InChI=1S/C51H35N3OSi/c1-6-17-36(18-7-1)49-52-50(37-19-8-2-9-20-37)54-51(53-49)40-30-32-46-45-31-29-39(34-47(45)55-48(46)35-40)38-21-16-28-44(33-38)56(41-22-10-3-11-23-41,42-24-12-4-13-25-42)43-26-14-5-15-27-43/h1-35H. The Kier molecular flexibility index (Phi) is 8.47. The molecule has 56 heavy (non-hydrogen) atoms. The molecule has 0 atom stereocenters. The molecule has 0 aliphatic carbocycles. The Balaban J connectivity index is 1.08. The normalized spacial score (nSPS) is 11.6. The van der Waals surface area contributed by atoms with Gasteiger partial charge in [0.25, 0.3) is 0 Å². The van der Waals surface area contributed by atoms with Crippen LogP contribution in [0.1, 0.15) is 0 Å². The van der Waals surface area contributed by atoms with Crippen LogP contribution >= 0.6 is 0 Å². The fraction of sp³-hybridized carbons (Fsp3) is 0. The third-order valence-electron chi connectivity index (χ3n) is 10.7. The van der Waals surface area contributed by atoms with Crippen molar-refractivity contribution in [3.63, 3.8) is 0 Å². The van der Waals surface area contributed by atoms with E-state index in [-0.39, 0.29) is 0 Å². The average Bonchev–Trinajstić information content (AvgIpc) is 3.66. The third-order valence-corrected chi connectivity index (χ3v) is 15.5. The largest absolute Gasteiger partial charge is 0.456 e. The van der Waals surface area contributed by atoms with Crippen molar-refractivity contribution in [2.75, 3.05) is 0 Å². The van der Waals surface area contributed by atoms with Gasteiger partial charge in [-0.25, -0.2) is 15.0 Å². The zero-order valence-electron chi connectivity index (χ0n) is 30.5. The maximum Gasteiger partial charge on any atom is 0.179 e. The van der Waals surface area contributed by atoms with E-state index in [1.807, 2.05) is 66.7 Å². The molecule has 0 amide bonds. The van der Waals surface area contributed by atoms with Crippen LogP contribution in [0.4, 0.5) is 0 Å². The van der Waals surface area contributed by atoms with Crippen LogP contribution in [0.15, 0.2) is 217 Å². The number of nitrogens with zero attached hydrogens (tertiary/aromatic N) is 3. The molecule has 0 radical (unpaired) electrons. The Labute approximate surface area is 326 Å². The highest BCUT2D eigenvalue weighted by molar-refractivity contribution is 7.19. The van der Waals surface area contributed by atoms with Gasteiger partial charge in [0, 0.05) is 27.5 Å². The second-order valence-electron chi connectivity index (χ2n) is 14.0. The summed E-state index contributed by atoms with van der Waals surface area (Å²) in [6.45, 7) is 0. The van der Waals surface area contributed by atoms with E-state index in [1.165, 1.54) is 20.7 Å². The summed E-state index contributed by atoms with van der Waals surface area (Å²) in [5.41, 5.74) is 6.62. The fourth-order valence-corrected chi connectivity index (χ4v) is 12.8. The van der Waals surface area contributed by atoms with E-state index in [0.717, 1.165) is 49.8 Å². The first-order valence-electron chi connectivity index (χ1n) is 18.9. The number of fused-ring (bicyclic) bond motifs is 3. The molecule has 0 saturated heterocycles. The highest BCUT2D eigenvalue weighted by Crippen LogP contribution is 2.35. The van der Waals surface area contributed by atoms with Gasteiger partial charge in [0.15, 0.2) is 25.5 Å². The first kappa shape index (κ1) is 33.4. The van der Waals surface area contributed by atoms with E-state index < -0.39 is 8.07 Å². The van der Waals surface area contributed by atoms with E-state index in [0.29, 0.717) is 17.5 Å². The highest BCUT2D eigenvalue weighted by Gasteiger charge is 2.41. The Morgan fingerprint density at radius 3 is 1.12 bits per heavy atom. The quantitative estimate of drug-likeness (QED) is 0.115. The van der Waals surface area contributed by atoms with Crippen LogP contribution in [-0.2, 0) is 0 Å². The summed E-state index contributed by atoms with van der Waals surface area (Å²) in [5.74, 6) is 1.86. The molecule has 4 nitrogen and oxygen atoms in total. The molecular formula is C51H35N3OSi. The van der Waals surface area contributed by atoms with Crippen molar-refractivity contribution in [1.29, 1.82) is 0 Å². The van der Waals surface area contributed by atoms with Crippen molar-refractivity contribution in [3.05, 3.63) is 212 Å². The van der Waals surface area contributed by atoms with Crippen LogP contribution in [-0.4, -0.2) is 23.0 Å². The highest BCUT2D eigenvalue weighted by atomic mass is 28.3. The van der Waals surface area contributed by atoms with Crippen molar-refractivity contribution in [1.82, 2.24) is 15.0 Å². The molecule has 0 aliphatic rings. The van der Waals surface area contributed by atoms with Gasteiger partial charge in [-0.05, 0) is 56.1 Å². The van der Waals surface area contributed by atoms with Crippen molar-refractivity contribution < 1.29 is 4.42 Å². The van der Waals surface area contributed by atoms with Gasteiger partial charge in [0.2, 0.25) is 0 Å². The summed E-state index contributed by atoms with van der Waals surface area (Å²) in [7, 11) is -2.67. The number of hydrogen-bond donors (Lipinski definition) is 0. The molecule has 264 valence electrons. The van der Waals surface area contributed by atoms with E-state index in [1.54, 1.807) is 0 Å². The molecule has 10 rings (SSSR count). The van der Waals surface area contributed by atoms with Crippen LogP contribution in [0.25, 0.3) is 67.2 Å². The molecular weight excluding hydrogens is 699 g/mol. The minimum atomic E-state index is -2.67. The van der Waals surface area contributed by atoms with Crippen molar-refractivity contribution in [2.24, 2.45) is 0 Å². The smallest absolute Gasteiger partial charge is 0.179 e. The molecule has 0 aliphatic heterocycles. The van der Waals surface area contributed by atoms with Gasteiger partial charge in [-0.3, -0.25) is 0 Å². The molecule has 2 aromatic heterocycles. The first-order valence-corrected chi connectivity index (χ1v) is 20.9. The van der Waals surface area contributed by atoms with E-state index in [9.17, 15) is 0 Å². The van der Waals surface area contributed by atoms with E-state index in [2.05, 4.69) is 146 Å². The summed E-state index contributed by atoms with van der Waals surface area (Å²) in [6.07, 6.45) is 0. The molecule has 0 bridgehead atoms. The predicted molar refractivity (Wildman–Crippen MR) is 232 cm³/mol. The molecule has 0 saturated carbocycles. The van der Waals surface area contributed by atoms with E-state index >= 15 is 0 Å². The number of rotatable bonds is 8. The summed E-state index contributed by atoms with van der Waals surface area (Å²) in [5, 5.41) is 7.50. The van der Waals surface area contributed by atoms with Gasteiger partial charge in [-0.1, -0.05) is 188 Å². The second kappa shape index (κ2) is 14.2. The Hall–Kier alpha value is -7.21. The molecule has 0 N–H and O–H groups in total. The van der Waals surface area contributed by atoms with Crippen LogP contribution in [0.2, 0.25) is 0 Å². The maximum absolute atomic E-state index is 6.65. The van der Waals surface area contributed by atoms with Gasteiger partial charge in [-0.15, -0.1) is 0 Å². The summed E-state index contributed by atoms with van der Waals surface area (Å²) in [6, 6.07) is 75.2. The lowest BCUT2D eigenvalue weighted by atomic mass is 10.0. The lowest BCUT2D eigenvalue weighted by Crippen LogP contribution is -2.74. The molecule has 10 aromatic rings. The van der Waals surface area contributed by atoms with Crippen LogP contribution in [0.3, 0.4) is 0 Å². The maximum atomic E-state index is 6.65. The van der Waals surface area contributed by atoms with Crippen LogP contribution in [0, 0.1) is 0 Å². The minimum absolute atomic E-state index is 0.598. The number of hydrogen-bond acceptors (Lipinski definition) is 4. The molecule has 5 heteroatoms. The summed E-state index contributed by atoms with van der Waals surface area (Å²) in [4.78, 5) is 14.8. The first-order chi connectivity index (χ1) is 27.7. The molecule has 0 spiro atoms. The van der Waals surface area contributed by atoms with Gasteiger partial charge >= 0.3 is 0 Å². The lowest BCUT2D eigenvalue weighted by molar-refractivity contribution is 0.669. The Morgan fingerprint density at radius 2 is 0.643 bits per heavy atom.